The molecule has 2 heterocycles. The third kappa shape index (κ3) is 6.16. The third-order valence-electron chi connectivity index (χ3n) is 6.00. The molecule has 0 atom stereocenters. The Morgan fingerprint density at radius 1 is 1.00 bits per heavy atom. The maximum Gasteiger partial charge on any atom is 0.416 e. The van der Waals surface area contributed by atoms with E-state index in [1.807, 2.05) is 24.3 Å². The molecule has 1 fully saturated rings. The Labute approximate surface area is 196 Å². The molecule has 3 aromatic rings. The number of pyridine rings is 2. The van der Waals surface area contributed by atoms with Crippen molar-refractivity contribution in [3.63, 3.8) is 0 Å². The molecular formula is C25H26ClF3N4. The molecule has 0 amide bonds. The van der Waals surface area contributed by atoms with E-state index < -0.39 is 11.7 Å². The maximum absolute atomic E-state index is 12.7. The molecule has 2 N–H and O–H groups in total. The maximum atomic E-state index is 12.7. The lowest BCUT2D eigenvalue weighted by Gasteiger charge is -2.27. The molecule has 0 spiro atoms. The SMILES string of the molecule is CC1CCC(Nc2cc(-c3cccc(NCc4ccc(C(F)(F)F)cc4)n3)c(Cl)cn2)CC1. The fourth-order valence-electron chi connectivity index (χ4n) is 4.01. The molecule has 1 aliphatic carbocycles. The number of halogens is 4. The lowest BCUT2D eigenvalue weighted by Crippen LogP contribution is -2.25. The molecule has 1 aromatic carbocycles. The van der Waals surface area contributed by atoms with Crippen LogP contribution in [0.15, 0.2) is 54.7 Å². The van der Waals surface area contributed by atoms with Crippen molar-refractivity contribution >= 4 is 23.2 Å². The molecule has 1 saturated carbocycles. The van der Waals surface area contributed by atoms with Gasteiger partial charge >= 0.3 is 6.18 Å². The molecule has 0 radical (unpaired) electrons. The summed E-state index contributed by atoms with van der Waals surface area (Å²) in [5.74, 6) is 2.16. The monoisotopic (exact) mass is 474 g/mol. The smallest absolute Gasteiger partial charge is 0.367 e. The van der Waals surface area contributed by atoms with Crippen LogP contribution in [0, 0.1) is 5.92 Å². The highest BCUT2D eigenvalue weighted by atomic mass is 35.5. The first-order valence-corrected chi connectivity index (χ1v) is 11.5. The largest absolute Gasteiger partial charge is 0.416 e. The fraction of sp³-hybridized carbons (Fsp3) is 0.360. The van der Waals surface area contributed by atoms with Crippen LogP contribution in [0.25, 0.3) is 11.3 Å². The van der Waals surface area contributed by atoms with Crippen LogP contribution in [0.5, 0.6) is 0 Å². The van der Waals surface area contributed by atoms with E-state index in [4.69, 9.17) is 11.6 Å². The van der Waals surface area contributed by atoms with Crippen molar-refractivity contribution in [3.05, 3.63) is 70.9 Å². The topological polar surface area (TPSA) is 49.8 Å². The Kier molecular flexibility index (Phi) is 7.08. The van der Waals surface area contributed by atoms with Crippen molar-refractivity contribution < 1.29 is 13.2 Å². The van der Waals surface area contributed by atoms with Crippen molar-refractivity contribution in [1.82, 2.24) is 9.97 Å². The summed E-state index contributed by atoms with van der Waals surface area (Å²) in [6, 6.07) is 13.0. The summed E-state index contributed by atoms with van der Waals surface area (Å²) in [7, 11) is 0. The average Bonchev–Trinajstić information content (AvgIpc) is 2.80. The van der Waals surface area contributed by atoms with E-state index >= 15 is 0 Å². The molecule has 33 heavy (non-hydrogen) atoms. The summed E-state index contributed by atoms with van der Waals surface area (Å²) in [6.07, 6.45) is 1.98. The molecule has 8 heteroatoms. The van der Waals surface area contributed by atoms with Gasteiger partial charge in [-0.05, 0) is 67.5 Å². The Hall–Kier alpha value is -2.80. The van der Waals surface area contributed by atoms with Crippen molar-refractivity contribution in [3.8, 4) is 11.3 Å². The van der Waals surface area contributed by atoms with Gasteiger partial charge in [0.25, 0.3) is 0 Å². The van der Waals surface area contributed by atoms with Gasteiger partial charge < -0.3 is 10.6 Å². The van der Waals surface area contributed by atoms with E-state index in [1.165, 1.54) is 25.0 Å². The molecule has 0 aliphatic heterocycles. The normalized spacial score (nSPS) is 18.7. The van der Waals surface area contributed by atoms with Crippen LogP contribution in [-0.2, 0) is 12.7 Å². The first-order chi connectivity index (χ1) is 15.8. The van der Waals surface area contributed by atoms with E-state index in [2.05, 4.69) is 27.5 Å². The van der Waals surface area contributed by atoms with Gasteiger partial charge in [-0.2, -0.15) is 13.2 Å². The number of hydrogen-bond donors (Lipinski definition) is 2. The highest BCUT2D eigenvalue weighted by Gasteiger charge is 2.29. The Bertz CT molecular complexity index is 1080. The molecule has 2 aromatic heterocycles. The second kappa shape index (κ2) is 10.00. The summed E-state index contributed by atoms with van der Waals surface area (Å²) in [5.41, 5.74) is 1.54. The number of aromatic nitrogens is 2. The van der Waals surface area contributed by atoms with Crippen LogP contribution >= 0.6 is 11.6 Å². The first kappa shape index (κ1) is 23.4. The number of nitrogens with one attached hydrogen (secondary N) is 2. The number of anilines is 2. The molecule has 4 nitrogen and oxygen atoms in total. The van der Waals surface area contributed by atoms with Gasteiger partial charge in [0, 0.05) is 24.3 Å². The van der Waals surface area contributed by atoms with Crippen LogP contribution in [-0.4, -0.2) is 16.0 Å². The third-order valence-corrected chi connectivity index (χ3v) is 6.30. The highest BCUT2D eigenvalue weighted by Crippen LogP contribution is 2.31. The van der Waals surface area contributed by atoms with E-state index in [0.29, 0.717) is 29.1 Å². The van der Waals surface area contributed by atoms with Crippen LogP contribution in [0.2, 0.25) is 5.02 Å². The second-order valence-electron chi connectivity index (χ2n) is 8.61. The Morgan fingerprint density at radius 2 is 1.73 bits per heavy atom. The van der Waals surface area contributed by atoms with Gasteiger partial charge in [-0.1, -0.05) is 36.7 Å². The summed E-state index contributed by atoms with van der Waals surface area (Å²) in [5, 5.41) is 7.19. The standard InChI is InChI=1S/C25H26ClF3N4/c1-16-5-11-19(12-6-16)32-24-13-20(21(26)15-31-24)22-3-2-4-23(33-22)30-14-17-7-9-18(10-8-17)25(27,28)29/h2-4,7-10,13,15-16,19H,5-6,11-12,14H2,1H3,(H,30,33)(H,31,32). The molecule has 0 unspecified atom stereocenters. The van der Waals surface area contributed by atoms with Gasteiger partial charge in [0.1, 0.15) is 11.6 Å². The van der Waals surface area contributed by atoms with Gasteiger partial charge in [-0.15, -0.1) is 0 Å². The molecule has 4 rings (SSSR count). The Morgan fingerprint density at radius 3 is 2.42 bits per heavy atom. The number of alkyl halides is 3. The van der Waals surface area contributed by atoms with Crippen LogP contribution in [0.4, 0.5) is 24.8 Å². The minimum absolute atomic E-state index is 0.353. The van der Waals surface area contributed by atoms with Crippen molar-refractivity contribution in [2.45, 2.75) is 51.4 Å². The molecule has 0 saturated heterocycles. The van der Waals surface area contributed by atoms with Crippen LogP contribution in [0.1, 0.15) is 43.7 Å². The number of benzene rings is 1. The second-order valence-corrected chi connectivity index (χ2v) is 9.01. The van der Waals surface area contributed by atoms with Gasteiger partial charge in [0.15, 0.2) is 0 Å². The molecule has 174 valence electrons. The summed E-state index contributed by atoms with van der Waals surface area (Å²) in [4.78, 5) is 9.08. The Balaban J connectivity index is 1.44. The van der Waals surface area contributed by atoms with Crippen molar-refractivity contribution in [1.29, 1.82) is 0 Å². The number of nitrogens with zero attached hydrogens (tertiary/aromatic N) is 2. The predicted molar refractivity (Wildman–Crippen MR) is 126 cm³/mol. The zero-order valence-corrected chi connectivity index (χ0v) is 19.0. The zero-order valence-electron chi connectivity index (χ0n) is 18.3. The number of hydrogen-bond acceptors (Lipinski definition) is 4. The van der Waals surface area contributed by atoms with Crippen molar-refractivity contribution in [2.24, 2.45) is 5.92 Å². The lowest BCUT2D eigenvalue weighted by atomic mass is 9.87. The van der Waals surface area contributed by atoms with Gasteiger partial charge in [0.2, 0.25) is 0 Å². The molecular weight excluding hydrogens is 449 g/mol. The average molecular weight is 475 g/mol. The van der Waals surface area contributed by atoms with Gasteiger partial charge in [-0.25, -0.2) is 9.97 Å². The lowest BCUT2D eigenvalue weighted by molar-refractivity contribution is -0.137. The summed E-state index contributed by atoms with van der Waals surface area (Å²) in [6.45, 7) is 2.64. The van der Waals surface area contributed by atoms with Gasteiger partial charge in [-0.3, -0.25) is 0 Å². The van der Waals surface area contributed by atoms with Crippen molar-refractivity contribution in [2.75, 3.05) is 10.6 Å². The van der Waals surface area contributed by atoms with E-state index in [0.717, 1.165) is 47.8 Å². The van der Waals surface area contributed by atoms with Crippen LogP contribution in [0.3, 0.4) is 0 Å². The fourth-order valence-corrected chi connectivity index (χ4v) is 4.21. The quantitative estimate of drug-likeness (QED) is 0.390. The minimum Gasteiger partial charge on any atom is -0.367 e. The minimum atomic E-state index is -4.34. The first-order valence-electron chi connectivity index (χ1n) is 11.1. The van der Waals surface area contributed by atoms with Crippen LogP contribution < -0.4 is 10.6 Å². The molecule has 0 bridgehead atoms. The molecule has 1 aliphatic rings. The van der Waals surface area contributed by atoms with E-state index in [9.17, 15) is 13.2 Å². The summed E-state index contributed by atoms with van der Waals surface area (Å²) < 4.78 is 38.2. The summed E-state index contributed by atoms with van der Waals surface area (Å²) >= 11 is 6.43. The zero-order chi connectivity index (χ0) is 23.4. The van der Waals surface area contributed by atoms with E-state index in [1.54, 1.807) is 6.20 Å². The number of rotatable bonds is 6. The highest BCUT2D eigenvalue weighted by molar-refractivity contribution is 6.33. The van der Waals surface area contributed by atoms with E-state index in [-0.39, 0.29) is 0 Å². The van der Waals surface area contributed by atoms with Gasteiger partial charge in [0.05, 0.1) is 16.3 Å². The predicted octanol–water partition coefficient (Wildman–Crippen LogP) is 7.42.